The number of sulfonamides is 1. The predicted molar refractivity (Wildman–Crippen MR) is 88.8 cm³/mol. The minimum atomic E-state index is -3.52. The van der Waals surface area contributed by atoms with Gasteiger partial charge in [0, 0.05) is 5.41 Å². The second-order valence-electron chi connectivity index (χ2n) is 5.10. The number of fused-ring (bicyclic) bond motifs is 1. The summed E-state index contributed by atoms with van der Waals surface area (Å²) in [5.41, 5.74) is 0.823. The van der Waals surface area contributed by atoms with Gasteiger partial charge in [-0.25, -0.2) is 13.1 Å². The van der Waals surface area contributed by atoms with Crippen LogP contribution < -0.4 is 14.2 Å². The SMILES string of the molecule is O=S(=O)(/C=C/c1ccccc1)NC[C@@H]1COc2ccccc2O1. The number of benzene rings is 2. The highest BCUT2D eigenvalue weighted by Gasteiger charge is 2.21. The van der Waals surface area contributed by atoms with E-state index >= 15 is 0 Å². The Morgan fingerprint density at radius 2 is 1.74 bits per heavy atom. The van der Waals surface area contributed by atoms with Crippen LogP contribution in [0, 0.1) is 0 Å². The third-order valence-corrected chi connectivity index (χ3v) is 4.38. The van der Waals surface area contributed by atoms with E-state index < -0.39 is 10.0 Å². The Bertz CT molecular complexity index is 787. The van der Waals surface area contributed by atoms with Crippen LogP contribution >= 0.6 is 0 Å². The van der Waals surface area contributed by atoms with Crippen molar-refractivity contribution in [1.82, 2.24) is 4.72 Å². The molecule has 1 N–H and O–H groups in total. The van der Waals surface area contributed by atoms with Crippen molar-refractivity contribution < 1.29 is 17.9 Å². The van der Waals surface area contributed by atoms with E-state index in [0.29, 0.717) is 18.1 Å². The zero-order valence-electron chi connectivity index (χ0n) is 12.4. The maximum atomic E-state index is 12.0. The molecule has 0 fully saturated rings. The molecule has 0 unspecified atom stereocenters. The van der Waals surface area contributed by atoms with Gasteiger partial charge in [-0.2, -0.15) is 0 Å². The zero-order chi connectivity index (χ0) is 16.1. The van der Waals surface area contributed by atoms with Crippen LogP contribution in [0.2, 0.25) is 0 Å². The van der Waals surface area contributed by atoms with Gasteiger partial charge < -0.3 is 9.47 Å². The van der Waals surface area contributed by atoms with Crippen LogP contribution in [0.4, 0.5) is 0 Å². The van der Waals surface area contributed by atoms with Crippen molar-refractivity contribution >= 4 is 16.1 Å². The summed E-state index contributed by atoms with van der Waals surface area (Å²) in [4.78, 5) is 0. The quantitative estimate of drug-likeness (QED) is 0.914. The van der Waals surface area contributed by atoms with E-state index in [9.17, 15) is 8.42 Å². The second-order valence-corrected chi connectivity index (χ2v) is 6.76. The summed E-state index contributed by atoms with van der Waals surface area (Å²) in [5.74, 6) is 1.30. The highest BCUT2D eigenvalue weighted by Crippen LogP contribution is 2.30. The van der Waals surface area contributed by atoms with Crippen molar-refractivity contribution in [2.45, 2.75) is 6.10 Å². The lowest BCUT2D eigenvalue weighted by Gasteiger charge is -2.26. The van der Waals surface area contributed by atoms with E-state index in [0.717, 1.165) is 11.0 Å². The molecule has 5 nitrogen and oxygen atoms in total. The van der Waals surface area contributed by atoms with Crippen molar-refractivity contribution in [2.75, 3.05) is 13.2 Å². The lowest BCUT2D eigenvalue weighted by atomic mass is 10.2. The van der Waals surface area contributed by atoms with Gasteiger partial charge in [0.15, 0.2) is 11.5 Å². The lowest BCUT2D eigenvalue weighted by molar-refractivity contribution is 0.0943. The molecular weight excluding hydrogens is 314 g/mol. The Morgan fingerprint density at radius 1 is 1.04 bits per heavy atom. The molecule has 120 valence electrons. The Balaban J connectivity index is 1.57. The topological polar surface area (TPSA) is 64.6 Å². The molecule has 0 saturated heterocycles. The first kappa shape index (κ1) is 15.6. The third-order valence-electron chi connectivity index (χ3n) is 3.32. The Kier molecular flexibility index (Phi) is 4.64. The van der Waals surface area contributed by atoms with Gasteiger partial charge in [-0.15, -0.1) is 0 Å². The number of hydrogen-bond acceptors (Lipinski definition) is 4. The number of nitrogens with one attached hydrogen (secondary N) is 1. The highest BCUT2D eigenvalue weighted by atomic mass is 32.2. The first-order valence-electron chi connectivity index (χ1n) is 7.24. The lowest BCUT2D eigenvalue weighted by Crippen LogP contribution is -2.40. The molecule has 0 bridgehead atoms. The Morgan fingerprint density at radius 3 is 2.52 bits per heavy atom. The van der Waals surface area contributed by atoms with E-state index in [1.807, 2.05) is 48.5 Å². The van der Waals surface area contributed by atoms with Crippen molar-refractivity contribution in [3.63, 3.8) is 0 Å². The van der Waals surface area contributed by atoms with E-state index in [4.69, 9.17) is 9.47 Å². The first-order chi connectivity index (χ1) is 11.1. The molecule has 0 amide bonds. The average molecular weight is 331 g/mol. The van der Waals surface area contributed by atoms with E-state index in [1.165, 1.54) is 0 Å². The molecule has 0 spiro atoms. The van der Waals surface area contributed by atoms with Crippen molar-refractivity contribution in [1.29, 1.82) is 0 Å². The van der Waals surface area contributed by atoms with Crippen LogP contribution in [0.25, 0.3) is 6.08 Å². The van der Waals surface area contributed by atoms with Crippen LogP contribution in [0.1, 0.15) is 5.56 Å². The molecule has 1 heterocycles. The molecule has 3 rings (SSSR count). The molecule has 0 aromatic heterocycles. The maximum Gasteiger partial charge on any atom is 0.233 e. The fraction of sp³-hybridized carbons (Fsp3) is 0.176. The molecular formula is C17H17NO4S. The molecule has 0 aliphatic carbocycles. The summed E-state index contributed by atoms with van der Waals surface area (Å²) in [6.07, 6.45) is 1.19. The number of ether oxygens (including phenoxy) is 2. The summed E-state index contributed by atoms with van der Waals surface area (Å²) >= 11 is 0. The van der Waals surface area contributed by atoms with Crippen molar-refractivity contribution in [2.24, 2.45) is 0 Å². The van der Waals surface area contributed by atoms with Crippen LogP contribution in [-0.2, 0) is 10.0 Å². The third kappa shape index (κ3) is 4.34. The van der Waals surface area contributed by atoms with Gasteiger partial charge in [0.05, 0.1) is 6.54 Å². The fourth-order valence-corrected chi connectivity index (χ4v) is 3.00. The molecule has 1 atom stereocenters. The molecule has 23 heavy (non-hydrogen) atoms. The summed E-state index contributed by atoms with van der Waals surface area (Å²) < 4.78 is 37.8. The van der Waals surface area contributed by atoms with E-state index in [2.05, 4.69) is 4.72 Å². The normalized spacial score (nSPS) is 17.3. The largest absolute Gasteiger partial charge is 0.486 e. The summed E-state index contributed by atoms with van der Waals surface area (Å²) in [7, 11) is -3.52. The average Bonchev–Trinajstić information content (AvgIpc) is 2.59. The molecule has 0 radical (unpaired) electrons. The fourth-order valence-electron chi connectivity index (χ4n) is 2.15. The van der Waals surface area contributed by atoms with Gasteiger partial charge in [0.25, 0.3) is 0 Å². The standard InChI is InChI=1S/C17H17NO4S/c19-23(20,11-10-14-6-2-1-3-7-14)18-12-15-13-21-16-8-4-5-9-17(16)22-15/h1-11,15,18H,12-13H2/b11-10+/t15-/m1/s1. The summed E-state index contributed by atoms with van der Waals surface area (Å²) in [6.45, 7) is 0.456. The molecule has 1 aliphatic heterocycles. The number of rotatable bonds is 5. The van der Waals surface area contributed by atoms with Gasteiger partial charge >= 0.3 is 0 Å². The van der Waals surface area contributed by atoms with Crippen LogP contribution in [0.5, 0.6) is 11.5 Å². The second kappa shape index (κ2) is 6.85. The molecule has 6 heteroatoms. The monoisotopic (exact) mass is 331 g/mol. The smallest absolute Gasteiger partial charge is 0.233 e. The van der Waals surface area contributed by atoms with Crippen LogP contribution in [0.15, 0.2) is 60.0 Å². The highest BCUT2D eigenvalue weighted by molar-refractivity contribution is 7.92. The van der Waals surface area contributed by atoms with Gasteiger partial charge in [-0.1, -0.05) is 42.5 Å². The summed E-state index contributed by atoms with van der Waals surface area (Å²) in [5, 5.41) is 1.15. The zero-order valence-corrected chi connectivity index (χ0v) is 13.2. The summed E-state index contributed by atoms with van der Waals surface area (Å²) in [6, 6.07) is 16.6. The van der Waals surface area contributed by atoms with Crippen LogP contribution in [-0.4, -0.2) is 27.7 Å². The first-order valence-corrected chi connectivity index (χ1v) is 8.78. The molecule has 1 aliphatic rings. The maximum absolute atomic E-state index is 12.0. The Labute approximate surface area is 135 Å². The van der Waals surface area contributed by atoms with E-state index in [-0.39, 0.29) is 12.6 Å². The molecule has 0 saturated carbocycles. The minimum absolute atomic E-state index is 0.149. The van der Waals surface area contributed by atoms with Crippen LogP contribution in [0.3, 0.4) is 0 Å². The van der Waals surface area contributed by atoms with Gasteiger partial charge in [0.1, 0.15) is 12.7 Å². The van der Waals surface area contributed by atoms with Gasteiger partial charge in [-0.05, 0) is 23.8 Å². The molecule has 2 aromatic rings. The predicted octanol–water partition coefficient (Wildman–Crippen LogP) is 2.42. The van der Waals surface area contributed by atoms with Crippen molar-refractivity contribution in [3.8, 4) is 11.5 Å². The van der Waals surface area contributed by atoms with Gasteiger partial charge in [-0.3, -0.25) is 0 Å². The number of hydrogen-bond donors (Lipinski definition) is 1. The number of para-hydroxylation sites is 2. The van der Waals surface area contributed by atoms with Crippen molar-refractivity contribution in [3.05, 3.63) is 65.6 Å². The van der Waals surface area contributed by atoms with Gasteiger partial charge in [0.2, 0.25) is 10.0 Å². The van der Waals surface area contributed by atoms with E-state index in [1.54, 1.807) is 12.1 Å². The Hall–Kier alpha value is -2.31. The minimum Gasteiger partial charge on any atom is -0.486 e. The molecule has 2 aromatic carbocycles.